The largest absolute Gasteiger partial charge is 0.352 e. The van der Waals surface area contributed by atoms with Crippen molar-refractivity contribution in [3.63, 3.8) is 0 Å². The Labute approximate surface area is 88.3 Å². The predicted molar refractivity (Wildman–Crippen MR) is 55.3 cm³/mol. The Morgan fingerprint density at radius 3 is 2.64 bits per heavy atom. The third kappa shape index (κ3) is 2.10. The molecular weight excluding hydrogens is 200 g/mol. The van der Waals surface area contributed by atoms with Crippen molar-refractivity contribution in [2.75, 3.05) is 13.1 Å². The Bertz CT molecular complexity index is 310. The maximum absolute atomic E-state index is 11.4. The summed E-state index contributed by atoms with van der Waals surface area (Å²) in [5.41, 5.74) is 0. The van der Waals surface area contributed by atoms with Gasteiger partial charge in [-0.2, -0.15) is 0 Å². The van der Waals surface area contributed by atoms with E-state index in [1.807, 2.05) is 29.4 Å². The van der Waals surface area contributed by atoms with Crippen LogP contribution in [0.2, 0.25) is 0 Å². The Hall–Kier alpha value is -0.960. The fourth-order valence-corrected chi connectivity index (χ4v) is 1.99. The Kier molecular flexibility index (Phi) is 2.77. The van der Waals surface area contributed by atoms with Crippen molar-refractivity contribution in [3.05, 3.63) is 24.5 Å². The fraction of sp³-hybridized carbons (Fsp3) is 0.500. The summed E-state index contributed by atoms with van der Waals surface area (Å²) in [5, 5.41) is 0.00663. The lowest BCUT2D eigenvalue weighted by atomic mass is 10.4. The second kappa shape index (κ2) is 4.05. The smallest absolute Gasteiger partial charge is 0.224 e. The van der Waals surface area contributed by atoms with Crippen LogP contribution in [-0.2, 0) is 11.3 Å². The first-order valence-electron chi connectivity index (χ1n) is 4.78. The van der Waals surface area contributed by atoms with Crippen LogP contribution in [0.1, 0.15) is 6.42 Å². The van der Waals surface area contributed by atoms with E-state index in [-0.39, 0.29) is 11.3 Å². The molecule has 1 saturated heterocycles. The fourth-order valence-electron chi connectivity index (χ4n) is 1.70. The summed E-state index contributed by atoms with van der Waals surface area (Å²) in [6, 6.07) is 3.96. The van der Waals surface area contributed by atoms with Crippen molar-refractivity contribution in [1.82, 2.24) is 9.47 Å². The standard InChI is InChI=1S/C10H13ClN2O/c11-9-7-10(14)13(8-9)6-5-12-3-1-2-4-12/h1-4,9H,5-8H2. The van der Waals surface area contributed by atoms with Gasteiger partial charge in [0.25, 0.3) is 0 Å². The molecule has 0 bridgehead atoms. The number of likely N-dealkylation sites (tertiary alicyclic amines) is 1. The van der Waals surface area contributed by atoms with Crippen LogP contribution in [0.25, 0.3) is 0 Å². The molecular formula is C10H13ClN2O. The topological polar surface area (TPSA) is 25.2 Å². The molecule has 2 heterocycles. The van der Waals surface area contributed by atoms with Crippen LogP contribution in [0, 0.1) is 0 Å². The van der Waals surface area contributed by atoms with E-state index < -0.39 is 0 Å². The zero-order valence-corrected chi connectivity index (χ0v) is 8.65. The second-order valence-electron chi connectivity index (χ2n) is 3.56. The highest BCUT2D eigenvalue weighted by Gasteiger charge is 2.27. The minimum absolute atomic E-state index is 0.00663. The molecule has 0 radical (unpaired) electrons. The van der Waals surface area contributed by atoms with Gasteiger partial charge in [-0.05, 0) is 12.1 Å². The summed E-state index contributed by atoms with van der Waals surface area (Å²) in [4.78, 5) is 13.2. The molecule has 1 unspecified atom stereocenters. The first kappa shape index (κ1) is 9.59. The molecule has 2 rings (SSSR count). The number of halogens is 1. The summed E-state index contributed by atoms with van der Waals surface area (Å²) >= 11 is 5.89. The van der Waals surface area contributed by atoms with Crippen molar-refractivity contribution in [3.8, 4) is 0 Å². The van der Waals surface area contributed by atoms with Crippen molar-refractivity contribution < 1.29 is 4.79 Å². The van der Waals surface area contributed by atoms with Gasteiger partial charge in [-0.3, -0.25) is 4.79 Å². The molecule has 1 aromatic heterocycles. The molecule has 1 amide bonds. The van der Waals surface area contributed by atoms with Crippen LogP contribution >= 0.6 is 11.6 Å². The highest BCUT2D eigenvalue weighted by atomic mass is 35.5. The first-order chi connectivity index (χ1) is 6.75. The number of hydrogen-bond acceptors (Lipinski definition) is 1. The molecule has 1 aliphatic rings. The lowest BCUT2D eigenvalue weighted by Gasteiger charge is -2.15. The number of carbonyl (C=O) groups excluding carboxylic acids is 1. The van der Waals surface area contributed by atoms with Crippen LogP contribution in [0.4, 0.5) is 0 Å². The molecule has 14 heavy (non-hydrogen) atoms. The van der Waals surface area contributed by atoms with E-state index in [0.717, 1.165) is 13.1 Å². The maximum atomic E-state index is 11.4. The van der Waals surface area contributed by atoms with Crippen molar-refractivity contribution >= 4 is 17.5 Å². The molecule has 4 heteroatoms. The molecule has 0 saturated carbocycles. The molecule has 1 atom stereocenters. The van der Waals surface area contributed by atoms with Gasteiger partial charge in [-0.25, -0.2) is 0 Å². The summed E-state index contributed by atoms with van der Waals surface area (Å²) in [6.45, 7) is 2.31. The monoisotopic (exact) mass is 212 g/mol. The van der Waals surface area contributed by atoms with Crippen LogP contribution in [0.5, 0.6) is 0 Å². The minimum atomic E-state index is 0.00663. The SMILES string of the molecule is O=C1CC(Cl)CN1CCn1cccc1. The summed E-state index contributed by atoms with van der Waals surface area (Å²) in [7, 11) is 0. The second-order valence-corrected chi connectivity index (χ2v) is 4.18. The van der Waals surface area contributed by atoms with E-state index in [1.165, 1.54) is 0 Å². The maximum Gasteiger partial charge on any atom is 0.224 e. The first-order valence-corrected chi connectivity index (χ1v) is 5.22. The lowest BCUT2D eigenvalue weighted by Crippen LogP contribution is -2.28. The Morgan fingerprint density at radius 1 is 1.36 bits per heavy atom. The van der Waals surface area contributed by atoms with E-state index in [4.69, 9.17) is 11.6 Å². The van der Waals surface area contributed by atoms with E-state index in [0.29, 0.717) is 13.0 Å². The molecule has 0 aliphatic carbocycles. The van der Waals surface area contributed by atoms with Crippen molar-refractivity contribution in [2.24, 2.45) is 0 Å². The lowest BCUT2D eigenvalue weighted by molar-refractivity contribution is -0.127. The predicted octanol–water partition coefficient (Wildman–Crippen LogP) is 1.33. The zero-order valence-electron chi connectivity index (χ0n) is 7.90. The normalized spacial score (nSPS) is 21.9. The van der Waals surface area contributed by atoms with E-state index in [1.54, 1.807) is 0 Å². The summed E-state index contributed by atoms with van der Waals surface area (Å²) < 4.78 is 2.06. The average Bonchev–Trinajstić information content (AvgIpc) is 2.72. The highest BCUT2D eigenvalue weighted by molar-refractivity contribution is 6.22. The molecule has 3 nitrogen and oxygen atoms in total. The minimum Gasteiger partial charge on any atom is -0.352 e. The van der Waals surface area contributed by atoms with E-state index in [2.05, 4.69) is 4.57 Å². The van der Waals surface area contributed by atoms with E-state index >= 15 is 0 Å². The number of hydrogen-bond donors (Lipinski definition) is 0. The zero-order chi connectivity index (χ0) is 9.97. The van der Waals surface area contributed by atoms with Crippen LogP contribution in [0.3, 0.4) is 0 Å². The summed E-state index contributed by atoms with van der Waals surface area (Å²) in [6.07, 6.45) is 4.49. The van der Waals surface area contributed by atoms with Gasteiger partial charge >= 0.3 is 0 Å². The number of rotatable bonds is 3. The number of carbonyl (C=O) groups is 1. The van der Waals surface area contributed by atoms with Gasteiger partial charge < -0.3 is 9.47 Å². The third-order valence-corrected chi connectivity index (χ3v) is 2.75. The Balaban J connectivity index is 1.84. The molecule has 1 fully saturated rings. The van der Waals surface area contributed by atoms with Gasteiger partial charge in [0, 0.05) is 38.4 Å². The molecule has 76 valence electrons. The molecule has 0 N–H and O–H groups in total. The third-order valence-electron chi connectivity index (χ3n) is 2.46. The molecule has 1 aromatic rings. The van der Waals surface area contributed by atoms with Crippen molar-refractivity contribution in [2.45, 2.75) is 18.3 Å². The molecule has 0 aromatic carbocycles. The number of amides is 1. The van der Waals surface area contributed by atoms with Gasteiger partial charge in [0.05, 0.1) is 5.38 Å². The van der Waals surface area contributed by atoms with Gasteiger partial charge in [0.2, 0.25) is 5.91 Å². The average molecular weight is 213 g/mol. The summed E-state index contributed by atoms with van der Waals surface area (Å²) in [5.74, 6) is 0.178. The Morgan fingerprint density at radius 2 is 2.07 bits per heavy atom. The molecule has 0 spiro atoms. The van der Waals surface area contributed by atoms with Crippen LogP contribution in [0.15, 0.2) is 24.5 Å². The highest BCUT2D eigenvalue weighted by Crippen LogP contribution is 2.15. The molecule has 1 aliphatic heterocycles. The van der Waals surface area contributed by atoms with Crippen molar-refractivity contribution in [1.29, 1.82) is 0 Å². The van der Waals surface area contributed by atoms with Crippen LogP contribution in [-0.4, -0.2) is 33.8 Å². The van der Waals surface area contributed by atoms with Gasteiger partial charge in [-0.1, -0.05) is 0 Å². The van der Waals surface area contributed by atoms with Gasteiger partial charge in [-0.15, -0.1) is 11.6 Å². The number of alkyl halides is 1. The number of aromatic nitrogens is 1. The quantitative estimate of drug-likeness (QED) is 0.694. The van der Waals surface area contributed by atoms with E-state index in [9.17, 15) is 4.79 Å². The van der Waals surface area contributed by atoms with Gasteiger partial charge in [0.1, 0.15) is 0 Å². The van der Waals surface area contributed by atoms with Crippen LogP contribution < -0.4 is 0 Å². The number of nitrogens with zero attached hydrogens (tertiary/aromatic N) is 2. The van der Waals surface area contributed by atoms with Gasteiger partial charge in [0.15, 0.2) is 0 Å².